The van der Waals surface area contributed by atoms with Crippen LogP contribution in [0, 0.1) is 29.4 Å². The maximum atomic E-state index is 14.1. The number of hydrogen-bond donors (Lipinski definition) is 0. The van der Waals surface area contributed by atoms with Crippen LogP contribution < -0.4 is 4.74 Å². The fraction of sp³-hybridized carbons (Fsp3) is 0.333. The lowest BCUT2D eigenvalue weighted by Crippen LogP contribution is -2.11. The summed E-state index contributed by atoms with van der Waals surface area (Å²) >= 11 is 5.67. The third-order valence-electron chi connectivity index (χ3n) is 5.16. The molecule has 0 atom stereocenters. The van der Waals surface area contributed by atoms with E-state index >= 15 is 0 Å². The summed E-state index contributed by atoms with van der Waals surface area (Å²) in [5.41, 5.74) is 3.40. The zero-order chi connectivity index (χ0) is 19.9. The molecule has 3 rings (SSSR count). The van der Waals surface area contributed by atoms with Crippen molar-refractivity contribution in [3.63, 3.8) is 0 Å². The Hall–Kier alpha value is -2.31. The lowest BCUT2D eigenvalue weighted by molar-refractivity contribution is 0.335. The molecule has 0 amide bonds. The molecule has 0 spiro atoms. The van der Waals surface area contributed by atoms with Crippen molar-refractivity contribution in [2.45, 2.75) is 38.5 Å². The normalized spacial score (nSPS) is 19.3. The van der Waals surface area contributed by atoms with Crippen LogP contribution >= 0.6 is 11.6 Å². The molecule has 1 fully saturated rings. The first-order valence-corrected chi connectivity index (χ1v) is 10.0. The minimum Gasteiger partial charge on any atom is -0.494 e. The number of halogens is 3. The quantitative estimate of drug-likeness (QED) is 0.513. The van der Waals surface area contributed by atoms with Crippen molar-refractivity contribution in [3.8, 4) is 17.6 Å². The third-order valence-corrected chi connectivity index (χ3v) is 5.30. The van der Waals surface area contributed by atoms with Gasteiger partial charge in [-0.15, -0.1) is 0 Å². The van der Waals surface area contributed by atoms with Crippen molar-refractivity contribution in [3.05, 3.63) is 76.3 Å². The fourth-order valence-electron chi connectivity index (χ4n) is 3.64. The molecule has 0 unspecified atom stereocenters. The van der Waals surface area contributed by atoms with Crippen LogP contribution in [0.1, 0.15) is 55.2 Å². The molecule has 0 heterocycles. The van der Waals surface area contributed by atoms with E-state index in [1.807, 2.05) is 12.1 Å². The summed E-state index contributed by atoms with van der Waals surface area (Å²) in [5, 5.41) is 0. The molecule has 28 heavy (non-hydrogen) atoms. The van der Waals surface area contributed by atoms with E-state index < -0.39 is 11.6 Å². The largest absolute Gasteiger partial charge is 0.494 e. The monoisotopic (exact) mass is 400 g/mol. The maximum absolute atomic E-state index is 14.1. The molecule has 0 aromatic heterocycles. The van der Waals surface area contributed by atoms with Crippen LogP contribution in [0.15, 0.2) is 48.0 Å². The summed E-state index contributed by atoms with van der Waals surface area (Å²) in [7, 11) is 0. The zero-order valence-electron chi connectivity index (χ0n) is 15.9. The predicted octanol–water partition coefficient (Wildman–Crippen LogP) is 6.79. The molecule has 1 saturated carbocycles. The highest BCUT2D eigenvalue weighted by atomic mass is 35.5. The molecular formula is C24H23ClF2O. The molecule has 0 radical (unpaired) electrons. The summed E-state index contributed by atoms with van der Waals surface area (Å²) in [4.78, 5) is 0. The van der Waals surface area contributed by atoms with Gasteiger partial charge in [0, 0.05) is 23.2 Å². The summed E-state index contributed by atoms with van der Waals surface area (Å²) < 4.78 is 33.3. The highest BCUT2D eigenvalue weighted by Gasteiger charge is 2.20. The van der Waals surface area contributed by atoms with Gasteiger partial charge in [0.15, 0.2) is 0 Å². The van der Waals surface area contributed by atoms with Gasteiger partial charge in [0.25, 0.3) is 0 Å². The lowest BCUT2D eigenvalue weighted by atomic mass is 9.79. The van der Waals surface area contributed by atoms with E-state index in [1.165, 1.54) is 5.56 Å². The van der Waals surface area contributed by atoms with E-state index in [-0.39, 0.29) is 11.3 Å². The molecule has 2 aromatic carbocycles. The van der Waals surface area contributed by atoms with Crippen LogP contribution in [-0.4, -0.2) is 6.61 Å². The standard InChI is InChI=1S/C24H23ClF2O/c1-2-28-21-15-23(26)22(24(27)16-21)12-7-17-3-8-19(9-4-17)20-10-5-18(6-11-20)13-14-25/h3-4,8-9,13-16,18,20H,2,5-6,10-11H2,1H3/b14-13+. The topological polar surface area (TPSA) is 9.23 Å². The van der Waals surface area contributed by atoms with Crippen molar-refractivity contribution in [2.24, 2.45) is 5.92 Å². The van der Waals surface area contributed by atoms with Crippen LogP contribution in [0.4, 0.5) is 8.78 Å². The van der Waals surface area contributed by atoms with Crippen LogP contribution in [0.5, 0.6) is 5.75 Å². The van der Waals surface area contributed by atoms with E-state index in [9.17, 15) is 8.78 Å². The Balaban J connectivity index is 1.69. The van der Waals surface area contributed by atoms with E-state index in [0.29, 0.717) is 18.4 Å². The third kappa shape index (κ3) is 5.14. The van der Waals surface area contributed by atoms with Gasteiger partial charge < -0.3 is 4.74 Å². The lowest BCUT2D eigenvalue weighted by Gasteiger charge is -2.27. The number of ether oxygens (including phenoxy) is 1. The van der Waals surface area contributed by atoms with Crippen LogP contribution in [0.2, 0.25) is 0 Å². The minimum atomic E-state index is -0.713. The maximum Gasteiger partial charge on any atom is 0.145 e. The zero-order valence-corrected chi connectivity index (χ0v) is 16.6. The van der Waals surface area contributed by atoms with Gasteiger partial charge in [-0.25, -0.2) is 8.78 Å². The highest BCUT2D eigenvalue weighted by Crippen LogP contribution is 2.36. The van der Waals surface area contributed by atoms with Gasteiger partial charge in [0.1, 0.15) is 17.4 Å². The molecule has 0 aliphatic heterocycles. The average Bonchev–Trinajstić information content (AvgIpc) is 2.69. The SMILES string of the molecule is CCOc1cc(F)c(C#Cc2ccc(C3CCC(/C=C/Cl)CC3)cc2)c(F)c1. The van der Waals surface area contributed by atoms with Crippen molar-refractivity contribution in [2.75, 3.05) is 6.61 Å². The summed E-state index contributed by atoms with van der Waals surface area (Å²) in [5.74, 6) is 5.33. The molecule has 2 aromatic rings. The van der Waals surface area contributed by atoms with Crippen molar-refractivity contribution >= 4 is 11.6 Å². The smallest absolute Gasteiger partial charge is 0.145 e. The number of benzene rings is 2. The van der Waals surface area contributed by atoms with Gasteiger partial charge in [-0.1, -0.05) is 41.7 Å². The Morgan fingerprint density at radius 3 is 2.25 bits per heavy atom. The van der Waals surface area contributed by atoms with Gasteiger partial charge in [-0.2, -0.15) is 0 Å². The second-order valence-electron chi connectivity index (χ2n) is 7.00. The van der Waals surface area contributed by atoms with Gasteiger partial charge in [0.2, 0.25) is 0 Å². The second kappa shape index (κ2) is 9.75. The van der Waals surface area contributed by atoms with Crippen LogP contribution in [0.25, 0.3) is 0 Å². The van der Waals surface area contributed by atoms with Crippen molar-refractivity contribution < 1.29 is 13.5 Å². The Kier molecular flexibility index (Phi) is 7.12. The molecule has 1 nitrogen and oxygen atoms in total. The van der Waals surface area contributed by atoms with E-state index in [1.54, 1.807) is 12.5 Å². The second-order valence-corrected chi connectivity index (χ2v) is 7.25. The number of rotatable bonds is 4. The first-order chi connectivity index (χ1) is 13.6. The van der Waals surface area contributed by atoms with Crippen LogP contribution in [-0.2, 0) is 0 Å². The molecular weight excluding hydrogens is 378 g/mol. The summed E-state index contributed by atoms with van der Waals surface area (Å²) in [6.45, 7) is 2.11. The average molecular weight is 401 g/mol. The molecule has 0 saturated heterocycles. The summed E-state index contributed by atoms with van der Waals surface area (Å²) in [6.07, 6.45) is 6.65. The molecule has 0 N–H and O–H groups in total. The Morgan fingerprint density at radius 2 is 1.68 bits per heavy atom. The Labute approximate surface area is 170 Å². The van der Waals surface area contributed by atoms with Gasteiger partial charge in [0.05, 0.1) is 12.2 Å². The van der Waals surface area contributed by atoms with Gasteiger partial charge in [-0.05, 0) is 62.1 Å². The van der Waals surface area contributed by atoms with Crippen molar-refractivity contribution in [1.82, 2.24) is 0 Å². The van der Waals surface area contributed by atoms with E-state index in [4.69, 9.17) is 16.3 Å². The molecule has 0 bridgehead atoms. The first kappa shape index (κ1) is 20.4. The Morgan fingerprint density at radius 1 is 1.04 bits per heavy atom. The van der Waals surface area contributed by atoms with Crippen LogP contribution in [0.3, 0.4) is 0 Å². The molecule has 1 aliphatic carbocycles. The first-order valence-electron chi connectivity index (χ1n) is 9.61. The number of hydrogen-bond acceptors (Lipinski definition) is 1. The van der Waals surface area contributed by atoms with Crippen molar-refractivity contribution in [1.29, 1.82) is 0 Å². The highest BCUT2D eigenvalue weighted by molar-refractivity contribution is 6.25. The van der Waals surface area contributed by atoms with Gasteiger partial charge in [-0.3, -0.25) is 0 Å². The molecule has 146 valence electrons. The molecule has 4 heteroatoms. The number of allylic oxidation sites excluding steroid dienone is 1. The molecule has 1 aliphatic rings. The Bertz CT molecular complexity index is 862. The van der Waals surface area contributed by atoms with Gasteiger partial charge >= 0.3 is 0 Å². The minimum absolute atomic E-state index is 0.170. The van der Waals surface area contributed by atoms with E-state index in [2.05, 4.69) is 30.0 Å². The fourth-order valence-corrected chi connectivity index (χ4v) is 3.85. The predicted molar refractivity (Wildman–Crippen MR) is 110 cm³/mol. The summed E-state index contributed by atoms with van der Waals surface area (Å²) in [6, 6.07) is 10.3. The van der Waals surface area contributed by atoms with E-state index in [0.717, 1.165) is 43.4 Å².